The number of carbonyl (C=O) groups is 1. The van der Waals surface area contributed by atoms with Crippen LogP contribution in [0.3, 0.4) is 0 Å². The van der Waals surface area contributed by atoms with Crippen molar-refractivity contribution in [1.82, 2.24) is 0 Å². The van der Waals surface area contributed by atoms with Gasteiger partial charge in [-0.3, -0.25) is 14.9 Å². The van der Waals surface area contributed by atoms with Gasteiger partial charge in [-0.1, -0.05) is 11.6 Å². The number of nitro groups is 1. The number of phenols is 1. The van der Waals surface area contributed by atoms with Gasteiger partial charge in [-0.05, 0) is 43.2 Å². The molecule has 0 aromatic heterocycles. The molecule has 1 amide bonds. The van der Waals surface area contributed by atoms with Crippen molar-refractivity contribution in [3.8, 4) is 11.5 Å². The number of nitrogens with zero attached hydrogens (tertiary/aromatic N) is 1. The van der Waals surface area contributed by atoms with Gasteiger partial charge in [0, 0.05) is 11.1 Å². The molecule has 2 aromatic rings. The lowest BCUT2D eigenvalue weighted by molar-refractivity contribution is -0.384. The molecule has 0 radical (unpaired) electrons. The SMILES string of the molecule is Cc1cc(OCC(=O)Nc2ccc([N+](=O)[O-])cc2O)cc(C)c1Cl. The maximum Gasteiger partial charge on any atom is 0.273 e. The molecule has 0 aliphatic heterocycles. The standard InChI is InChI=1S/C16H15ClN2O5/c1-9-5-12(6-10(2)16(9)17)24-8-15(21)18-13-4-3-11(19(22)23)7-14(13)20/h3-7,20H,8H2,1-2H3,(H,18,21). The molecule has 0 bridgehead atoms. The maximum atomic E-state index is 11.9. The number of non-ortho nitro benzene ring substituents is 1. The first-order valence-electron chi connectivity index (χ1n) is 6.94. The smallest absolute Gasteiger partial charge is 0.273 e. The number of nitrogens with one attached hydrogen (secondary N) is 1. The second-order valence-electron chi connectivity index (χ2n) is 5.17. The molecular weight excluding hydrogens is 336 g/mol. The highest BCUT2D eigenvalue weighted by Crippen LogP contribution is 2.28. The number of halogens is 1. The van der Waals surface area contributed by atoms with Crippen LogP contribution in [0.4, 0.5) is 11.4 Å². The number of carbonyl (C=O) groups excluding carboxylic acids is 1. The number of amides is 1. The number of ether oxygens (including phenoxy) is 1. The molecule has 0 heterocycles. The van der Waals surface area contributed by atoms with Gasteiger partial charge in [0.25, 0.3) is 11.6 Å². The fourth-order valence-electron chi connectivity index (χ4n) is 2.06. The number of hydrogen-bond donors (Lipinski definition) is 2. The average molecular weight is 351 g/mol. The summed E-state index contributed by atoms with van der Waals surface area (Å²) in [5, 5.41) is 23.4. The summed E-state index contributed by atoms with van der Waals surface area (Å²) in [5.74, 6) is -0.405. The molecule has 0 spiro atoms. The lowest BCUT2D eigenvalue weighted by Crippen LogP contribution is -2.20. The summed E-state index contributed by atoms with van der Waals surface area (Å²) in [6.07, 6.45) is 0. The lowest BCUT2D eigenvalue weighted by atomic mass is 10.1. The zero-order valence-corrected chi connectivity index (χ0v) is 13.8. The van der Waals surface area contributed by atoms with Gasteiger partial charge in [0.2, 0.25) is 0 Å². The summed E-state index contributed by atoms with van der Waals surface area (Å²) in [4.78, 5) is 21.8. The van der Waals surface area contributed by atoms with Crippen molar-refractivity contribution in [3.05, 3.63) is 56.6 Å². The minimum Gasteiger partial charge on any atom is -0.506 e. The van der Waals surface area contributed by atoms with Crippen molar-refractivity contribution in [2.45, 2.75) is 13.8 Å². The Morgan fingerprint density at radius 3 is 2.46 bits per heavy atom. The molecule has 2 aromatic carbocycles. The van der Waals surface area contributed by atoms with E-state index in [1.807, 2.05) is 13.8 Å². The number of nitro benzene ring substituents is 1. The number of aromatic hydroxyl groups is 1. The Balaban J connectivity index is 2.00. The van der Waals surface area contributed by atoms with Crippen LogP contribution in [0.15, 0.2) is 30.3 Å². The summed E-state index contributed by atoms with van der Waals surface area (Å²) in [5.41, 5.74) is 1.46. The van der Waals surface area contributed by atoms with E-state index in [0.29, 0.717) is 10.8 Å². The van der Waals surface area contributed by atoms with Crippen LogP contribution >= 0.6 is 11.6 Å². The highest BCUT2D eigenvalue weighted by Gasteiger charge is 2.13. The molecule has 8 heteroatoms. The molecule has 0 saturated heterocycles. The second-order valence-corrected chi connectivity index (χ2v) is 5.54. The Morgan fingerprint density at radius 2 is 1.92 bits per heavy atom. The molecule has 7 nitrogen and oxygen atoms in total. The predicted octanol–water partition coefficient (Wildman–Crippen LogP) is 3.59. The van der Waals surface area contributed by atoms with Gasteiger partial charge in [-0.2, -0.15) is 0 Å². The first-order chi connectivity index (χ1) is 11.3. The quantitative estimate of drug-likeness (QED) is 0.487. The summed E-state index contributed by atoms with van der Waals surface area (Å²) < 4.78 is 5.40. The van der Waals surface area contributed by atoms with Crippen molar-refractivity contribution in [3.63, 3.8) is 0 Å². The Morgan fingerprint density at radius 1 is 1.29 bits per heavy atom. The molecule has 0 fully saturated rings. The third kappa shape index (κ3) is 4.14. The van der Waals surface area contributed by atoms with E-state index in [-0.39, 0.29) is 18.0 Å². The third-order valence-corrected chi connectivity index (χ3v) is 3.84. The highest BCUT2D eigenvalue weighted by atomic mass is 35.5. The van der Waals surface area contributed by atoms with Gasteiger partial charge >= 0.3 is 0 Å². The van der Waals surface area contributed by atoms with Gasteiger partial charge in [-0.15, -0.1) is 0 Å². The van der Waals surface area contributed by atoms with Crippen LogP contribution in [0.5, 0.6) is 11.5 Å². The van der Waals surface area contributed by atoms with Crippen LogP contribution in [0.25, 0.3) is 0 Å². The third-order valence-electron chi connectivity index (χ3n) is 3.25. The largest absolute Gasteiger partial charge is 0.506 e. The molecular formula is C16H15ClN2O5. The van der Waals surface area contributed by atoms with E-state index < -0.39 is 16.6 Å². The van der Waals surface area contributed by atoms with E-state index in [4.69, 9.17) is 16.3 Å². The van der Waals surface area contributed by atoms with Crippen LogP contribution in [0.1, 0.15) is 11.1 Å². The van der Waals surface area contributed by atoms with Crippen LogP contribution in [-0.2, 0) is 4.79 Å². The number of rotatable bonds is 5. The van der Waals surface area contributed by atoms with Gasteiger partial charge in [0.15, 0.2) is 6.61 Å². The molecule has 0 saturated carbocycles. The molecule has 2 N–H and O–H groups in total. The second kappa shape index (κ2) is 7.18. The monoisotopic (exact) mass is 350 g/mol. The number of hydrogen-bond acceptors (Lipinski definition) is 5. The van der Waals surface area contributed by atoms with E-state index in [1.54, 1.807) is 12.1 Å². The molecule has 126 valence electrons. The Kier molecular flexibility index (Phi) is 5.25. The molecule has 0 atom stereocenters. The first kappa shape index (κ1) is 17.6. The van der Waals surface area contributed by atoms with Crippen molar-refractivity contribution < 1.29 is 19.6 Å². The number of benzene rings is 2. The maximum absolute atomic E-state index is 11.9. The molecule has 0 unspecified atom stereocenters. The summed E-state index contributed by atoms with van der Waals surface area (Å²) in [7, 11) is 0. The first-order valence-corrected chi connectivity index (χ1v) is 7.32. The summed E-state index contributed by atoms with van der Waals surface area (Å²) >= 11 is 6.06. The topological polar surface area (TPSA) is 102 Å². The van der Waals surface area contributed by atoms with Crippen molar-refractivity contribution in [1.29, 1.82) is 0 Å². The molecule has 24 heavy (non-hydrogen) atoms. The van der Waals surface area contributed by atoms with Crippen LogP contribution in [0.2, 0.25) is 5.02 Å². The van der Waals surface area contributed by atoms with Crippen molar-refractivity contribution in [2.24, 2.45) is 0 Å². The number of anilines is 1. The molecule has 2 rings (SSSR count). The zero-order chi connectivity index (χ0) is 17.9. The van der Waals surface area contributed by atoms with Gasteiger partial charge < -0.3 is 15.2 Å². The summed E-state index contributed by atoms with van der Waals surface area (Å²) in [6.45, 7) is 3.38. The van der Waals surface area contributed by atoms with Gasteiger partial charge in [0.1, 0.15) is 11.5 Å². The van der Waals surface area contributed by atoms with Crippen LogP contribution in [0, 0.1) is 24.0 Å². The average Bonchev–Trinajstić information content (AvgIpc) is 2.52. The van der Waals surface area contributed by atoms with E-state index in [9.17, 15) is 20.0 Å². The van der Waals surface area contributed by atoms with E-state index in [1.165, 1.54) is 12.1 Å². The van der Waals surface area contributed by atoms with Crippen molar-refractivity contribution >= 4 is 28.9 Å². The summed E-state index contributed by atoms with van der Waals surface area (Å²) in [6, 6.07) is 6.82. The Hall–Kier alpha value is -2.80. The lowest BCUT2D eigenvalue weighted by Gasteiger charge is -2.11. The zero-order valence-electron chi connectivity index (χ0n) is 13.0. The minimum absolute atomic E-state index is 0.0673. The van der Waals surface area contributed by atoms with Crippen LogP contribution < -0.4 is 10.1 Å². The van der Waals surface area contributed by atoms with E-state index >= 15 is 0 Å². The normalized spacial score (nSPS) is 10.3. The Labute approximate surface area is 143 Å². The predicted molar refractivity (Wildman–Crippen MR) is 89.8 cm³/mol. The highest BCUT2D eigenvalue weighted by molar-refractivity contribution is 6.32. The van der Waals surface area contributed by atoms with Crippen molar-refractivity contribution in [2.75, 3.05) is 11.9 Å². The van der Waals surface area contributed by atoms with Gasteiger partial charge in [-0.25, -0.2) is 0 Å². The van der Waals surface area contributed by atoms with E-state index in [2.05, 4.69) is 5.32 Å². The van der Waals surface area contributed by atoms with Gasteiger partial charge in [0.05, 0.1) is 16.7 Å². The van der Waals surface area contributed by atoms with E-state index in [0.717, 1.165) is 17.2 Å². The molecule has 0 aliphatic carbocycles. The fourth-order valence-corrected chi connectivity index (χ4v) is 2.17. The molecule has 0 aliphatic rings. The number of aryl methyl sites for hydroxylation is 2. The minimum atomic E-state index is -0.639. The van der Waals surface area contributed by atoms with Crippen LogP contribution in [-0.4, -0.2) is 22.5 Å². The number of phenolic OH excluding ortho intramolecular Hbond substituents is 1. The Bertz CT molecular complexity index is 784. The fraction of sp³-hybridized carbons (Fsp3) is 0.188.